The number of rotatable bonds is 3. The van der Waals surface area contributed by atoms with E-state index in [0.717, 1.165) is 24.2 Å². The molecule has 0 aliphatic carbocycles. The third-order valence-electron chi connectivity index (χ3n) is 4.19. The van der Waals surface area contributed by atoms with Crippen LogP contribution in [-0.2, 0) is 4.74 Å². The fraction of sp³-hybridized carbons (Fsp3) is 0.400. The van der Waals surface area contributed by atoms with Gasteiger partial charge in [-0.3, -0.25) is 0 Å². The van der Waals surface area contributed by atoms with E-state index in [-0.39, 0.29) is 6.04 Å². The molecule has 1 aliphatic rings. The molecule has 2 aromatic rings. The summed E-state index contributed by atoms with van der Waals surface area (Å²) in [5.74, 6) is 0.589. The number of anilines is 1. The molecule has 0 spiro atoms. The standard InChI is InChI=1S/C20H23N5O2/c1-20(2,3)27-19(26)24-16-7-10-25(13-16)17-6-5-14(11-15(17)12-21)18-22-8-4-9-23-18/h4-6,8-9,11,16H,7,10,13H2,1-3H3,(H,24,26)/t16-/m0/s1. The summed E-state index contributed by atoms with van der Waals surface area (Å²) in [5, 5.41) is 12.5. The monoisotopic (exact) mass is 365 g/mol. The number of nitrogens with one attached hydrogen (secondary N) is 1. The Hall–Kier alpha value is -3.14. The van der Waals surface area contributed by atoms with E-state index < -0.39 is 11.7 Å². The first-order valence-corrected chi connectivity index (χ1v) is 8.92. The lowest BCUT2D eigenvalue weighted by Gasteiger charge is -2.23. The van der Waals surface area contributed by atoms with Crippen molar-refractivity contribution < 1.29 is 9.53 Å². The van der Waals surface area contributed by atoms with Crippen molar-refractivity contribution in [3.8, 4) is 17.5 Å². The number of amides is 1. The molecule has 1 saturated heterocycles. The van der Waals surface area contributed by atoms with Gasteiger partial charge in [0.25, 0.3) is 0 Å². The maximum atomic E-state index is 12.0. The predicted octanol–water partition coefficient (Wildman–Crippen LogP) is 3.12. The molecule has 2 heterocycles. The summed E-state index contributed by atoms with van der Waals surface area (Å²) >= 11 is 0. The van der Waals surface area contributed by atoms with Crippen molar-refractivity contribution in [2.24, 2.45) is 0 Å². The highest BCUT2D eigenvalue weighted by Crippen LogP contribution is 2.28. The number of alkyl carbamates (subject to hydrolysis) is 1. The highest BCUT2D eigenvalue weighted by atomic mass is 16.6. The molecule has 7 heteroatoms. The molecule has 140 valence electrons. The molecule has 3 rings (SSSR count). The van der Waals surface area contributed by atoms with Crippen LogP contribution < -0.4 is 10.2 Å². The van der Waals surface area contributed by atoms with Crippen LogP contribution in [0.5, 0.6) is 0 Å². The molecule has 1 aromatic heterocycles. The summed E-state index contributed by atoms with van der Waals surface area (Å²) in [7, 11) is 0. The van der Waals surface area contributed by atoms with E-state index >= 15 is 0 Å². The van der Waals surface area contributed by atoms with Crippen LogP contribution in [0.25, 0.3) is 11.4 Å². The van der Waals surface area contributed by atoms with E-state index in [1.165, 1.54) is 0 Å². The summed E-state index contributed by atoms with van der Waals surface area (Å²) in [4.78, 5) is 22.5. The smallest absolute Gasteiger partial charge is 0.407 e. The Bertz CT molecular complexity index is 855. The maximum absolute atomic E-state index is 12.0. The van der Waals surface area contributed by atoms with Crippen LogP contribution in [0.3, 0.4) is 0 Å². The lowest BCUT2D eigenvalue weighted by Crippen LogP contribution is -2.40. The quantitative estimate of drug-likeness (QED) is 0.899. The minimum Gasteiger partial charge on any atom is -0.444 e. The van der Waals surface area contributed by atoms with Gasteiger partial charge in [0.15, 0.2) is 5.82 Å². The predicted molar refractivity (Wildman–Crippen MR) is 102 cm³/mol. The number of benzene rings is 1. The van der Waals surface area contributed by atoms with E-state index in [2.05, 4.69) is 26.3 Å². The first-order chi connectivity index (χ1) is 12.9. The van der Waals surface area contributed by atoms with Gasteiger partial charge in [-0.05, 0) is 51.5 Å². The Kier molecular flexibility index (Phi) is 5.26. The molecule has 0 unspecified atom stereocenters. The molecule has 1 fully saturated rings. The highest BCUT2D eigenvalue weighted by molar-refractivity contribution is 5.70. The summed E-state index contributed by atoms with van der Waals surface area (Å²) in [6.07, 6.45) is 3.74. The molecule has 0 saturated carbocycles. The van der Waals surface area contributed by atoms with Crippen molar-refractivity contribution in [3.05, 3.63) is 42.2 Å². The largest absolute Gasteiger partial charge is 0.444 e. The van der Waals surface area contributed by atoms with E-state index in [0.29, 0.717) is 17.9 Å². The van der Waals surface area contributed by atoms with Crippen molar-refractivity contribution in [2.45, 2.75) is 38.8 Å². The number of nitrogens with zero attached hydrogens (tertiary/aromatic N) is 4. The number of ether oxygens (including phenoxy) is 1. The fourth-order valence-corrected chi connectivity index (χ4v) is 3.06. The number of aromatic nitrogens is 2. The van der Waals surface area contributed by atoms with Crippen LogP contribution in [0.2, 0.25) is 0 Å². The van der Waals surface area contributed by atoms with Crippen LogP contribution in [0.4, 0.5) is 10.5 Å². The molecule has 1 aliphatic heterocycles. The van der Waals surface area contributed by atoms with Crippen molar-refractivity contribution >= 4 is 11.8 Å². The third-order valence-corrected chi connectivity index (χ3v) is 4.19. The minimum atomic E-state index is -0.522. The second-order valence-electron chi connectivity index (χ2n) is 7.49. The van der Waals surface area contributed by atoms with Crippen LogP contribution in [0.1, 0.15) is 32.8 Å². The minimum absolute atomic E-state index is 0.0106. The van der Waals surface area contributed by atoms with Crippen molar-refractivity contribution in [2.75, 3.05) is 18.0 Å². The topological polar surface area (TPSA) is 91.1 Å². The lowest BCUT2D eigenvalue weighted by atomic mass is 10.1. The summed E-state index contributed by atoms with van der Waals surface area (Å²) in [5.41, 5.74) is 1.70. The van der Waals surface area contributed by atoms with Gasteiger partial charge in [0, 0.05) is 31.0 Å². The van der Waals surface area contributed by atoms with Gasteiger partial charge in [-0.15, -0.1) is 0 Å². The van der Waals surface area contributed by atoms with Gasteiger partial charge in [-0.1, -0.05) is 0 Å². The fourth-order valence-electron chi connectivity index (χ4n) is 3.06. The van der Waals surface area contributed by atoms with E-state index in [1.807, 2.05) is 32.9 Å². The van der Waals surface area contributed by atoms with E-state index in [4.69, 9.17) is 4.74 Å². The zero-order valence-electron chi connectivity index (χ0n) is 15.8. The average Bonchev–Trinajstić information content (AvgIpc) is 3.08. The van der Waals surface area contributed by atoms with E-state index in [9.17, 15) is 10.1 Å². The molecular weight excluding hydrogens is 342 g/mol. The SMILES string of the molecule is CC(C)(C)OC(=O)N[C@H]1CCN(c2ccc(-c3ncccn3)cc2C#N)C1. The molecular formula is C20H23N5O2. The van der Waals surface area contributed by atoms with Gasteiger partial charge in [0.2, 0.25) is 0 Å². The Labute approximate surface area is 159 Å². The Morgan fingerprint density at radius 1 is 1.33 bits per heavy atom. The maximum Gasteiger partial charge on any atom is 0.407 e. The number of hydrogen-bond acceptors (Lipinski definition) is 6. The first-order valence-electron chi connectivity index (χ1n) is 8.92. The number of carbonyl (C=O) groups excluding carboxylic acids is 1. The van der Waals surface area contributed by atoms with Gasteiger partial charge in [-0.25, -0.2) is 14.8 Å². The molecule has 27 heavy (non-hydrogen) atoms. The average molecular weight is 365 g/mol. The van der Waals surface area contributed by atoms with Crippen molar-refractivity contribution in [3.63, 3.8) is 0 Å². The Balaban J connectivity index is 1.70. The Morgan fingerprint density at radius 2 is 2.07 bits per heavy atom. The van der Waals surface area contributed by atoms with Crippen LogP contribution >= 0.6 is 0 Å². The second kappa shape index (κ2) is 7.62. The molecule has 1 atom stereocenters. The summed E-state index contributed by atoms with van der Waals surface area (Å²) in [6, 6.07) is 9.64. The van der Waals surface area contributed by atoms with Gasteiger partial charge in [-0.2, -0.15) is 5.26 Å². The van der Waals surface area contributed by atoms with Gasteiger partial charge < -0.3 is 15.0 Å². The zero-order valence-corrected chi connectivity index (χ0v) is 15.8. The van der Waals surface area contributed by atoms with Crippen LogP contribution in [-0.4, -0.2) is 40.8 Å². The Morgan fingerprint density at radius 3 is 2.74 bits per heavy atom. The summed E-state index contributed by atoms with van der Waals surface area (Å²) < 4.78 is 5.32. The number of carbonyl (C=O) groups is 1. The molecule has 7 nitrogen and oxygen atoms in total. The van der Waals surface area contributed by atoms with Gasteiger partial charge in [0.1, 0.15) is 11.7 Å². The highest BCUT2D eigenvalue weighted by Gasteiger charge is 2.27. The number of hydrogen-bond donors (Lipinski definition) is 1. The van der Waals surface area contributed by atoms with Crippen molar-refractivity contribution in [1.29, 1.82) is 5.26 Å². The van der Waals surface area contributed by atoms with Gasteiger partial charge in [0.05, 0.1) is 17.3 Å². The molecule has 1 N–H and O–H groups in total. The zero-order chi connectivity index (χ0) is 19.4. The third kappa shape index (κ3) is 4.73. The molecule has 1 aromatic carbocycles. The number of nitriles is 1. The van der Waals surface area contributed by atoms with Crippen molar-refractivity contribution in [1.82, 2.24) is 15.3 Å². The summed E-state index contributed by atoms with van der Waals surface area (Å²) in [6.45, 7) is 6.91. The molecule has 0 bridgehead atoms. The van der Waals surface area contributed by atoms with Crippen LogP contribution in [0, 0.1) is 11.3 Å². The normalized spacial score (nSPS) is 16.7. The molecule has 0 radical (unpaired) electrons. The van der Waals surface area contributed by atoms with Crippen LogP contribution in [0.15, 0.2) is 36.7 Å². The van der Waals surface area contributed by atoms with E-state index in [1.54, 1.807) is 24.5 Å². The second-order valence-corrected chi connectivity index (χ2v) is 7.49. The molecule has 1 amide bonds. The first kappa shape index (κ1) is 18.6. The lowest BCUT2D eigenvalue weighted by molar-refractivity contribution is 0.0509. The van der Waals surface area contributed by atoms with Gasteiger partial charge >= 0.3 is 6.09 Å².